The van der Waals surface area contributed by atoms with Gasteiger partial charge in [-0.15, -0.1) is 24.2 Å². The number of amides is 1. The number of rotatable bonds is 2. The molecule has 1 saturated heterocycles. The van der Waals surface area contributed by atoms with E-state index in [4.69, 9.17) is 0 Å². The molecule has 0 bridgehead atoms. The van der Waals surface area contributed by atoms with Crippen LogP contribution in [0.5, 0.6) is 0 Å². The lowest BCUT2D eigenvalue weighted by atomic mass is 9.93. The lowest BCUT2D eigenvalue weighted by molar-refractivity contribution is -0.132. The molecule has 2 fully saturated rings. The van der Waals surface area contributed by atoms with Crippen LogP contribution in [-0.4, -0.2) is 27.1 Å². The van der Waals surface area contributed by atoms with Gasteiger partial charge in [-0.25, -0.2) is 0 Å². The molecule has 3 nitrogen and oxygen atoms in total. The third-order valence-corrected chi connectivity index (χ3v) is 5.49. The van der Waals surface area contributed by atoms with Gasteiger partial charge < -0.3 is 4.90 Å². The largest absolute Gasteiger partial charge is 0.323 e. The first-order chi connectivity index (χ1) is 9.27. The first-order valence-electron chi connectivity index (χ1n) is 7.15. The van der Waals surface area contributed by atoms with Crippen LogP contribution in [0.3, 0.4) is 0 Å². The van der Waals surface area contributed by atoms with E-state index in [1.54, 1.807) is 18.0 Å². The zero-order chi connectivity index (χ0) is 13.2. The van der Waals surface area contributed by atoms with E-state index in [-0.39, 0.29) is 23.0 Å². The predicted octanol–water partition coefficient (Wildman–Crippen LogP) is 3.80. The summed E-state index contributed by atoms with van der Waals surface area (Å²) < 4.78 is 0. The van der Waals surface area contributed by atoms with Crippen molar-refractivity contribution in [3.8, 4) is 0 Å². The Hall–Kier alpha value is -0.740. The van der Waals surface area contributed by atoms with E-state index in [1.807, 2.05) is 19.2 Å². The molecule has 1 aliphatic carbocycles. The Morgan fingerprint density at radius 2 is 2.05 bits per heavy atom. The summed E-state index contributed by atoms with van der Waals surface area (Å²) in [5, 5.41) is 0.242. The molecule has 1 aliphatic heterocycles. The summed E-state index contributed by atoms with van der Waals surface area (Å²) in [4.78, 5) is 18.8. The molecule has 1 amide bonds. The zero-order valence-electron chi connectivity index (χ0n) is 11.7. The maximum absolute atomic E-state index is 12.5. The van der Waals surface area contributed by atoms with Gasteiger partial charge in [0, 0.05) is 24.0 Å². The van der Waals surface area contributed by atoms with Gasteiger partial charge in [-0.1, -0.05) is 25.3 Å². The number of hydrogen-bond acceptors (Lipinski definition) is 3. The molecule has 110 valence electrons. The summed E-state index contributed by atoms with van der Waals surface area (Å²) >= 11 is 1.76. The minimum atomic E-state index is 0. The Balaban J connectivity index is 0.00000147. The number of nitrogens with zero attached hydrogens (tertiary/aromatic N) is 2. The van der Waals surface area contributed by atoms with Gasteiger partial charge in [0.15, 0.2) is 0 Å². The SMILES string of the molecule is CC1SC(c2cccnc2)N(C2CCCCC2)C1=O.Cl. The van der Waals surface area contributed by atoms with Crippen LogP contribution in [0.25, 0.3) is 0 Å². The van der Waals surface area contributed by atoms with E-state index < -0.39 is 0 Å². The molecule has 0 aromatic carbocycles. The minimum absolute atomic E-state index is 0. The average Bonchev–Trinajstić information content (AvgIpc) is 2.77. The molecule has 2 atom stereocenters. The smallest absolute Gasteiger partial charge is 0.236 e. The molecule has 0 N–H and O–H groups in total. The van der Waals surface area contributed by atoms with Gasteiger partial charge in [0.2, 0.25) is 5.91 Å². The average molecular weight is 313 g/mol. The maximum atomic E-state index is 12.5. The van der Waals surface area contributed by atoms with Gasteiger partial charge in [0.1, 0.15) is 5.37 Å². The van der Waals surface area contributed by atoms with E-state index in [0.717, 1.165) is 18.4 Å². The fraction of sp³-hybridized carbons (Fsp3) is 0.600. The standard InChI is InChI=1S/C15H20N2OS.ClH/c1-11-14(18)17(13-7-3-2-4-8-13)15(19-11)12-6-5-9-16-10-12;/h5-6,9-11,13,15H,2-4,7-8H2,1H3;1H. The second-order valence-electron chi connectivity index (χ2n) is 5.45. The highest BCUT2D eigenvalue weighted by atomic mass is 35.5. The van der Waals surface area contributed by atoms with Gasteiger partial charge in [-0.05, 0) is 25.8 Å². The van der Waals surface area contributed by atoms with Crippen LogP contribution in [0.15, 0.2) is 24.5 Å². The van der Waals surface area contributed by atoms with Gasteiger partial charge in [0.25, 0.3) is 0 Å². The van der Waals surface area contributed by atoms with Crippen LogP contribution < -0.4 is 0 Å². The summed E-state index contributed by atoms with van der Waals surface area (Å²) in [5.74, 6) is 0.311. The summed E-state index contributed by atoms with van der Waals surface area (Å²) in [6.07, 6.45) is 9.85. The predicted molar refractivity (Wildman–Crippen MR) is 85.0 cm³/mol. The maximum Gasteiger partial charge on any atom is 0.236 e. The number of aromatic nitrogens is 1. The Morgan fingerprint density at radius 1 is 1.30 bits per heavy atom. The topological polar surface area (TPSA) is 33.2 Å². The molecule has 0 radical (unpaired) electrons. The molecule has 2 heterocycles. The summed E-state index contributed by atoms with van der Waals surface area (Å²) in [6, 6.07) is 4.48. The molecule has 2 unspecified atom stereocenters. The minimum Gasteiger partial charge on any atom is -0.323 e. The monoisotopic (exact) mass is 312 g/mol. The highest BCUT2D eigenvalue weighted by Crippen LogP contribution is 2.45. The Bertz CT molecular complexity index is 450. The summed E-state index contributed by atoms with van der Waals surface area (Å²) in [7, 11) is 0. The van der Waals surface area contributed by atoms with Crippen molar-refractivity contribution in [2.45, 2.75) is 55.7 Å². The van der Waals surface area contributed by atoms with Crippen LogP contribution in [0, 0.1) is 0 Å². The summed E-state index contributed by atoms with van der Waals surface area (Å²) in [6.45, 7) is 2.03. The van der Waals surface area contributed by atoms with E-state index in [1.165, 1.54) is 19.3 Å². The number of carbonyl (C=O) groups is 1. The van der Waals surface area contributed by atoms with Crippen LogP contribution in [0.2, 0.25) is 0 Å². The number of halogens is 1. The lowest BCUT2D eigenvalue weighted by Crippen LogP contribution is -2.40. The highest BCUT2D eigenvalue weighted by Gasteiger charge is 2.42. The highest BCUT2D eigenvalue weighted by molar-refractivity contribution is 8.01. The van der Waals surface area contributed by atoms with Crippen LogP contribution in [-0.2, 0) is 4.79 Å². The molecule has 5 heteroatoms. The zero-order valence-corrected chi connectivity index (χ0v) is 13.3. The third kappa shape index (κ3) is 2.96. The fourth-order valence-electron chi connectivity index (χ4n) is 3.13. The van der Waals surface area contributed by atoms with Gasteiger partial charge >= 0.3 is 0 Å². The Morgan fingerprint density at radius 3 is 2.70 bits per heavy atom. The van der Waals surface area contributed by atoms with Crippen molar-refractivity contribution in [2.75, 3.05) is 0 Å². The first-order valence-corrected chi connectivity index (χ1v) is 8.09. The molecule has 2 aliphatic rings. The number of thioether (sulfide) groups is 1. The quantitative estimate of drug-likeness (QED) is 0.833. The van der Waals surface area contributed by atoms with Crippen LogP contribution in [0.4, 0.5) is 0 Å². The van der Waals surface area contributed by atoms with Gasteiger partial charge in [0.05, 0.1) is 5.25 Å². The van der Waals surface area contributed by atoms with E-state index in [9.17, 15) is 4.79 Å². The second-order valence-corrected chi connectivity index (χ2v) is 6.88. The van der Waals surface area contributed by atoms with Crippen molar-refractivity contribution in [1.82, 2.24) is 9.88 Å². The van der Waals surface area contributed by atoms with Crippen molar-refractivity contribution in [3.05, 3.63) is 30.1 Å². The van der Waals surface area contributed by atoms with E-state index >= 15 is 0 Å². The van der Waals surface area contributed by atoms with Crippen molar-refractivity contribution in [1.29, 1.82) is 0 Å². The van der Waals surface area contributed by atoms with Gasteiger partial charge in [-0.3, -0.25) is 9.78 Å². The Kier molecular flexibility index (Phi) is 5.33. The number of pyridine rings is 1. The van der Waals surface area contributed by atoms with Crippen molar-refractivity contribution >= 4 is 30.1 Å². The van der Waals surface area contributed by atoms with Crippen LogP contribution in [0.1, 0.15) is 50.0 Å². The number of carbonyl (C=O) groups excluding carboxylic acids is 1. The molecular weight excluding hydrogens is 292 g/mol. The Labute approximate surface area is 130 Å². The molecule has 1 aromatic heterocycles. The molecular formula is C15H21ClN2OS. The molecule has 3 rings (SSSR count). The third-order valence-electron chi connectivity index (χ3n) is 4.13. The normalized spacial score (nSPS) is 27.4. The molecule has 1 saturated carbocycles. The van der Waals surface area contributed by atoms with Crippen molar-refractivity contribution < 1.29 is 4.79 Å². The fourth-order valence-corrected chi connectivity index (χ4v) is 4.46. The van der Waals surface area contributed by atoms with Crippen molar-refractivity contribution in [3.63, 3.8) is 0 Å². The molecule has 20 heavy (non-hydrogen) atoms. The van der Waals surface area contributed by atoms with Crippen molar-refractivity contribution in [2.24, 2.45) is 0 Å². The van der Waals surface area contributed by atoms with E-state index in [2.05, 4.69) is 16.0 Å². The van der Waals surface area contributed by atoms with Crippen LogP contribution >= 0.6 is 24.2 Å². The summed E-state index contributed by atoms with van der Waals surface area (Å²) in [5.41, 5.74) is 1.16. The molecule has 0 spiro atoms. The second kappa shape index (κ2) is 6.81. The van der Waals surface area contributed by atoms with Gasteiger partial charge in [-0.2, -0.15) is 0 Å². The number of hydrogen-bond donors (Lipinski definition) is 0. The molecule has 1 aromatic rings. The first kappa shape index (κ1) is 15.6. The lowest BCUT2D eigenvalue weighted by Gasteiger charge is -2.35. The van der Waals surface area contributed by atoms with E-state index in [0.29, 0.717) is 11.9 Å².